The van der Waals surface area contributed by atoms with Gasteiger partial charge in [0.15, 0.2) is 0 Å². The number of aromatic amines is 1. The second-order valence-electron chi connectivity index (χ2n) is 7.03. The molecule has 1 heterocycles. The van der Waals surface area contributed by atoms with Crippen LogP contribution >= 0.6 is 0 Å². The first kappa shape index (κ1) is 20.7. The Hall–Kier alpha value is -3.54. The third-order valence-corrected chi connectivity index (χ3v) is 5.17. The van der Waals surface area contributed by atoms with E-state index in [2.05, 4.69) is 10.2 Å². The number of allylic oxidation sites excluding steroid dienone is 1. The summed E-state index contributed by atoms with van der Waals surface area (Å²) < 4.78 is 49.2. The highest BCUT2D eigenvalue weighted by Gasteiger charge is 2.20. The Kier molecular flexibility index (Phi) is 5.80. The van der Waals surface area contributed by atoms with Crippen LogP contribution in [0.25, 0.3) is 22.0 Å². The summed E-state index contributed by atoms with van der Waals surface area (Å²) >= 11 is 0. The second kappa shape index (κ2) is 8.68. The molecule has 0 amide bonds. The van der Waals surface area contributed by atoms with Gasteiger partial charge in [-0.3, -0.25) is 5.10 Å². The Morgan fingerprint density at radius 2 is 1.58 bits per heavy atom. The molecular formula is C25H21F3N2O. The van der Waals surface area contributed by atoms with E-state index in [0.29, 0.717) is 46.4 Å². The Morgan fingerprint density at radius 1 is 0.903 bits per heavy atom. The van der Waals surface area contributed by atoms with Gasteiger partial charge in [-0.25, -0.2) is 8.78 Å². The predicted molar refractivity (Wildman–Crippen MR) is 116 cm³/mol. The number of halogens is 3. The van der Waals surface area contributed by atoms with E-state index in [0.717, 1.165) is 5.56 Å². The fraction of sp³-hybridized carbons (Fsp3) is 0.160. The van der Waals surface area contributed by atoms with Crippen LogP contribution in [0.5, 0.6) is 5.75 Å². The van der Waals surface area contributed by atoms with Gasteiger partial charge < -0.3 is 4.74 Å². The minimum absolute atomic E-state index is 0.0818. The van der Waals surface area contributed by atoms with Crippen molar-refractivity contribution >= 4 is 22.0 Å². The summed E-state index contributed by atoms with van der Waals surface area (Å²) in [4.78, 5) is 0. The third-order valence-electron chi connectivity index (χ3n) is 5.17. The van der Waals surface area contributed by atoms with Gasteiger partial charge in [-0.1, -0.05) is 31.2 Å². The van der Waals surface area contributed by atoms with E-state index in [9.17, 15) is 13.2 Å². The van der Waals surface area contributed by atoms with Gasteiger partial charge in [0.1, 0.15) is 17.4 Å². The number of H-pyrrole nitrogens is 1. The molecule has 31 heavy (non-hydrogen) atoms. The van der Waals surface area contributed by atoms with Crippen LogP contribution in [0.15, 0.2) is 60.7 Å². The molecule has 0 aliphatic rings. The number of hydrogen-bond donors (Lipinski definition) is 1. The molecule has 0 aliphatic carbocycles. The molecule has 3 aromatic carbocycles. The van der Waals surface area contributed by atoms with Crippen molar-refractivity contribution in [1.82, 2.24) is 10.2 Å². The molecule has 4 rings (SSSR count). The molecule has 0 saturated heterocycles. The Labute approximate surface area is 178 Å². The molecule has 158 valence electrons. The largest absolute Gasteiger partial charge is 0.494 e. The van der Waals surface area contributed by atoms with Crippen molar-refractivity contribution in [2.75, 3.05) is 6.61 Å². The molecule has 0 bridgehead atoms. The van der Waals surface area contributed by atoms with Crippen LogP contribution in [0, 0.1) is 17.6 Å². The standard InChI is InChI=1S/C25H21F3N2O/c1-3-18(24-20(26)6-5-7-21(24)27)23(15-8-11-17(12-9-15)31-4-2)16-10-13-22-19(14-16)25(28)30-29-22/h5-14H,3-4H2,1-2H3,(H,29,30)/b23-18+. The topological polar surface area (TPSA) is 37.9 Å². The fourth-order valence-electron chi connectivity index (χ4n) is 3.80. The lowest BCUT2D eigenvalue weighted by Gasteiger charge is -2.18. The van der Waals surface area contributed by atoms with E-state index >= 15 is 0 Å². The SMILES string of the molecule is CCOc1ccc(/C(=C(/CC)c2c(F)cccc2F)c2ccc3n[nH]c(F)c3c2)cc1. The number of ether oxygens (including phenoxy) is 1. The van der Waals surface area contributed by atoms with Crippen LogP contribution in [0.1, 0.15) is 37.0 Å². The molecular weight excluding hydrogens is 401 g/mol. The lowest BCUT2D eigenvalue weighted by atomic mass is 9.87. The predicted octanol–water partition coefficient (Wildman–Crippen LogP) is 6.75. The first-order valence-corrected chi connectivity index (χ1v) is 10.1. The second-order valence-corrected chi connectivity index (χ2v) is 7.03. The first-order chi connectivity index (χ1) is 15.0. The van der Waals surface area contributed by atoms with Gasteiger partial charge in [0.25, 0.3) is 0 Å². The maximum absolute atomic E-state index is 14.7. The van der Waals surface area contributed by atoms with Crippen LogP contribution < -0.4 is 4.74 Å². The van der Waals surface area contributed by atoms with E-state index in [-0.39, 0.29) is 5.56 Å². The molecule has 0 aliphatic heterocycles. The quantitative estimate of drug-likeness (QED) is 0.349. The van der Waals surface area contributed by atoms with Crippen LogP contribution in [-0.2, 0) is 0 Å². The monoisotopic (exact) mass is 422 g/mol. The highest BCUT2D eigenvalue weighted by atomic mass is 19.1. The number of rotatable bonds is 6. The van der Waals surface area contributed by atoms with Crippen molar-refractivity contribution in [3.05, 3.63) is 94.9 Å². The molecule has 0 saturated carbocycles. The van der Waals surface area contributed by atoms with Crippen molar-refractivity contribution in [2.45, 2.75) is 20.3 Å². The zero-order valence-corrected chi connectivity index (χ0v) is 17.2. The minimum Gasteiger partial charge on any atom is -0.494 e. The molecule has 1 N–H and O–H groups in total. The Bertz CT molecular complexity index is 1240. The lowest BCUT2D eigenvalue weighted by Crippen LogP contribution is -2.00. The molecule has 0 radical (unpaired) electrons. The molecule has 0 spiro atoms. The summed E-state index contributed by atoms with van der Waals surface area (Å²) in [5.74, 6) is -1.15. The molecule has 4 aromatic rings. The summed E-state index contributed by atoms with van der Waals surface area (Å²) in [5, 5.41) is 6.56. The fourth-order valence-corrected chi connectivity index (χ4v) is 3.80. The van der Waals surface area contributed by atoms with Crippen molar-refractivity contribution in [3.8, 4) is 5.75 Å². The first-order valence-electron chi connectivity index (χ1n) is 10.1. The zero-order valence-electron chi connectivity index (χ0n) is 17.2. The number of nitrogens with one attached hydrogen (secondary N) is 1. The van der Waals surface area contributed by atoms with Crippen LogP contribution in [-0.4, -0.2) is 16.8 Å². The Balaban J connectivity index is 2.01. The van der Waals surface area contributed by atoms with Crippen molar-refractivity contribution in [3.63, 3.8) is 0 Å². The summed E-state index contributed by atoms with van der Waals surface area (Å²) in [6.07, 6.45) is 0.367. The van der Waals surface area contributed by atoms with Gasteiger partial charge in [-0.2, -0.15) is 9.49 Å². The number of fused-ring (bicyclic) bond motifs is 1. The zero-order chi connectivity index (χ0) is 22.0. The normalized spacial score (nSPS) is 12.2. The number of aromatic nitrogens is 2. The van der Waals surface area contributed by atoms with Gasteiger partial charge in [0, 0.05) is 5.56 Å². The van der Waals surface area contributed by atoms with Gasteiger partial charge >= 0.3 is 0 Å². The van der Waals surface area contributed by atoms with E-state index < -0.39 is 17.6 Å². The lowest BCUT2D eigenvalue weighted by molar-refractivity contribution is 0.340. The van der Waals surface area contributed by atoms with E-state index in [1.807, 2.05) is 26.0 Å². The molecule has 6 heteroatoms. The molecule has 3 nitrogen and oxygen atoms in total. The third kappa shape index (κ3) is 3.93. The Morgan fingerprint density at radius 3 is 2.23 bits per heavy atom. The highest BCUT2D eigenvalue weighted by molar-refractivity contribution is 6.00. The maximum Gasteiger partial charge on any atom is 0.216 e. The van der Waals surface area contributed by atoms with E-state index in [1.165, 1.54) is 18.2 Å². The van der Waals surface area contributed by atoms with Crippen molar-refractivity contribution in [1.29, 1.82) is 0 Å². The number of nitrogens with zero attached hydrogens (tertiary/aromatic N) is 1. The number of benzene rings is 3. The average molecular weight is 422 g/mol. The van der Waals surface area contributed by atoms with Gasteiger partial charge in [-0.15, -0.1) is 0 Å². The van der Waals surface area contributed by atoms with E-state index in [4.69, 9.17) is 4.74 Å². The number of hydrogen-bond acceptors (Lipinski definition) is 2. The van der Waals surface area contributed by atoms with Gasteiger partial charge in [0.2, 0.25) is 5.95 Å². The smallest absolute Gasteiger partial charge is 0.216 e. The van der Waals surface area contributed by atoms with Crippen LogP contribution in [0.4, 0.5) is 13.2 Å². The summed E-state index contributed by atoms with van der Waals surface area (Å²) in [7, 11) is 0. The molecule has 0 fully saturated rings. The summed E-state index contributed by atoms with van der Waals surface area (Å²) in [6.45, 7) is 4.26. The molecule has 0 unspecified atom stereocenters. The summed E-state index contributed by atoms with van der Waals surface area (Å²) in [5.41, 5.74) is 2.88. The molecule has 1 aromatic heterocycles. The van der Waals surface area contributed by atoms with Gasteiger partial charge in [-0.05, 0) is 72.0 Å². The highest BCUT2D eigenvalue weighted by Crippen LogP contribution is 2.38. The van der Waals surface area contributed by atoms with Crippen LogP contribution in [0.3, 0.4) is 0 Å². The van der Waals surface area contributed by atoms with E-state index in [1.54, 1.807) is 30.3 Å². The van der Waals surface area contributed by atoms with Gasteiger partial charge in [0.05, 0.1) is 17.5 Å². The van der Waals surface area contributed by atoms with Crippen LogP contribution in [0.2, 0.25) is 0 Å². The molecule has 0 atom stereocenters. The van der Waals surface area contributed by atoms with Crippen molar-refractivity contribution < 1.29 is 17.9 Å². The average Bonchev–Trinajstić information content (AvgIpc) is 3.14. The minimum atomic E-state index is -0.643. The maximum atomic E-state index is 14.7. The van der Waals surface area contributed by atoms with Crippen molar-refractivity contribution in [2.24, 2.45) is 0 Å². The summed E-state index contributed by atoms with van der Waals surface area (Å²) in [6, 6.07) is 16.2.